The highest BCUT2D eigenvalue weighted by molar-refractivity contribution is 5.47. The zero-order chi connectivity index (χ0) is 9.97. The van der Waals surface area contributed by atoms with Crippen LogP contribution in [0.1, 0.15) is 19.8 Å². The number of rotatable bonds is 1. The minimum Gasteiger partial charge on any atom is -0.369 e. The van der Waals surface area contributed by atoms with Crippen molar-refractivity contribution in [3.05, 3.63) is 30.1 Å². The van der Waals surface area contributed by atoms with Crippen LogP contribution in [-0.2, 0) is 0 Å². The van der Waals surface area contributed by atoms with Crippen LogP contribution >= 0.6 is 0 Å². The predicted octanol–water partition coefficient (Wildman–Crippen LogP) is 3.06. The van der Waals surface area contributed by atoms with E-state index in [2.05, 4.69) is 11.8 Å². The van der Waals surface area contributed by atoms with E-state index >= 15 is 0 Å². The maximum Gasteiger partial charge on any atom is 0.146 e. The summed E-state index contributed by atoms with van der Waals surface area (Å²) in [4.78, 5) is 2.16. The first-order valence-corrected chi connectivity index (χ1v) is 5.27. The Morgan fingerprint density at radius 3 is 2.86 bits per heavy atom. The molecule has 1 aromatic carbocycles. The molecule has 1 heterocycles. The minimum absolute atomic E-state index is 0.0957. The van der Waals surface area contributed by atoms with Gasteiger partial charge in [0.25, 0.3) is 0 Å². The van der Waals surface area contributed by atoms with Gasteiger partial charge < -0.3 is 4.90 Å². The predicted molar refractivity (Wildman–Crippen MR) is 57.0 cm³/mol. The van der Waals surface area contributed by atoms with Gasteiger partial charge in [-0.05, 0) is 30.9 Å². The molecule has 14 heavy (non-hydrogen) atoms. The fourth-order valence-electron chi connectivity index (χ4n) is 2.12. The molecular weight excluding hydrogens is 177 g/mol. The summed E-state index contributed by atoms with van der Waals surface area (Å²) >= 11 is 0. The van der Waals surface area contributed by atoms with E-state index in [9.17, 15) is 4.39 Å². The van der Waals surface area contributed by atoms with Gasteiger partial charge in [-0.1, -0.05) is 19.1 Å². The van der Waals surface area contributed by atoms with Crippen molar-refractivity contribution in [1.29, 1.82) is 0 Å². The van der Waals surface area contributed by atoms with Crippen molar-refractivity contribution in [3.63, 3.8) is 0 Å². The van der Waals surface area contributed by atoms with Crippen LogP contribution in [0.4, 0.5) is 10.1 Å². The number of hydrogen-bond donors (Lipinski definition) is 0. The van der Waals surface area contributed by atoms with E-state index < -0.39 is 0 Å². The molecule has 0 spiro atoms. The average Bonchev–Trinajstić information content (AvgIpc) is 2.18. The number of nitrogens with zero attached hydrogens (tertiary/aromatic N) is 1. The summed E-state index contributed by atoms with van der Waals surface area (Å²) in [5, 5.41) is 0. The Labute approximate surface area is 84.5 Å². The van der Waals surface area contributed by atoms with Gasteiger partial charge in [-0.2, -0.15) is 0 Å². The zero-order valence-electron chi connectivity index (χ0n) is 8.54. The Bertz CT molecular complexity index is 311. The van der Waals surface area contributed by atoms with Crippen molar-refractivity contribution in [1.82, 2.24) is 0 Å². The highest BCUT2D eigenvalue weighted by Gasteiger charge is 2.18. The number of halogens is 1. The van der Waals surface area contributed by atoms with Gasteiger partial charge in [0.15, 0.2) is 0 Å². The molecule has 0 N–H and O–H groups in total. The normalized spacial score (nSPS) is 22.4. The van der Waals surface area contributed by atoms with Gasteiger partial charge >= 0.3 is 0 Å². The standard InChI is InChI=1S/C12H16FN/c1-10-5-4-8-14(9-10)12-7-3-2-6-11(12)13/h2-3,6-7,10H,4-5,8-9H2,1H3/t10-/m1/s1. The summed E-state index contributed by atoms with van der Waals surface area (Å²) < 4.78 is 13.5. The third-order valence-electron chi connectivity index (χ3n) is 2.85. The van der Waals surface area contributed by atoms with Gasteiger partial charge in [0, 0.05) is 13.1 Å². The van der Waals surface area contributed by atoms with Crippen LogP contribution in [0.15, 0.2) is 24.3 Å². The van der Waals surface area contributed by atoms with Gasteiger partial charge in [0.05, 0.1) is 5.69 Å². The molecule has 0 amide bonds. The van der Waals surface area contributed by atoms with E-state index in [0.717, 1.165) is 18.8 Å². The number of hydrogen-bond acceptors (Lipinski definition) is 1. The zero-order valence-corrected chi connectivity index (χ0v) is 8.54. The van der Waals surface area contributed by atoms with E-state index in [4.69, 9.17) is 0 Å². The molecule has 0 radical (unpaired) electrons. The number of anilines is 1. The van der Waals surface area contributed by atoms with E-state index in [1.807, 2.05) is 12.1 Å². The monoisotopic (exact) mass is 193 g/mol. The third kappa shape index (κ3) is 1.89. The molecule has 1 aliphatic rings. The largest absolute Gasteiger partial charge is 0.369 e. The minimum atomic E-state index is -0.0957. The van der Waals surface area contributed by atoms with Gasteiger partial charge in [-0.25, -0.2) is 4.39 Å². The third-order valence-corrected chi connectivity index (χ3v) is 2.85. The second-order valence-electron chi connectivity index (χ2n) is 4.14. The molecular formula is C12H16FN. The van der Waals surface area contributed by atoms with Crippen LogP contribution in [0, 0.1) is 11.7 Å². The Hall–Kier alpha value is -1.05. The maximum absolute atomic E-state index is 13.5. The van der Waals surface area contributed by atoms with Crippen LogP contribution in [0.2, 0.25) is 0 Å². The second-order valence-corrected chi connectivity index (χ2v) is 4.14. The molecule has 0 aliphatic carbocycles. The van der Waals surface area contributed by atoms with Gasteiger partial charge in [-0.3, -0.25) is 0 Å². The quantitative estimate of drug-likeness (QED) is 0.662. The summed E-state index contributed by atoms with van der Waals surface area (Å²) in [6.07, 6.45) is 2.44. The summed E-state index contributed by atoms with van der Waals surface area (Å²) in [5.74, 6) is 0.588. The van der Waals surface area contributed by atoms with Crippen LogP contribution in [0.25, 0.3) is 0 Å². The van der Waals surface area contributed by atoms with Crippen molar-refractivity contribution in [2.45, 2.75) is 19.8 Å². The SMILES string of the molecule is C[C@@H]1CCCN(c2ccccc2F)C1. The lowest BCUT2D eigenvalue weighted by molar-refractivity contribution is 0.442. The van der Waals surface area contributed by atoms with E-state index in [0.29, 0.717) is 5.92 Å². The molecule has 1 atom stereocenters. The van der Waals surface area contributed by atoms with Crippen molar-refractivity contribution in [2.75, 3.05) is 18.0 Å². The lowest BCUT2D eigenvalue weighted by Crippen LogP contribution is -2.34. The molecule has 76 valence electrons. The van der Waals surface area contributed by atoms with Crippen LogP contribution in [0.5, 0.6) is 0 Å². The van der Waals surface area contributed by atoms with Crippen LogP contribution in [0.3, 0.4) is 0 Å². The fraction of sp³-hybridized carbons (Fsp3) is 0.500. The lowest BCUT2D eigenvalue weighted by Gasteiger charge is -2.32. The van der Waals surface area contributed by atoms with Gasteiger partial charge in [-0.15, -0.1) is 0 Å². The first-order chi connectivity index (χ1) is 6.77. The highest BCUT2D eigenvalue weighted by atomic mass is 19.1. The van der Waals surface area contributed by atoms with Crippen molar-refractivity contribution in [3.8, 4) is 0 Å². The molecule has 0 saturated carbocycles. The maximum atomic E-state index is 13.5. The first-order valence-electron chi connectivity index (χ1n) is 5.27. The number of para-hydroxylation sites is 1. The number of benzene rings is 1. The summed E-state index contributed by atoms with van der Waals surface area (Å²) in [6, 6.07) is 7.05. The molecule has 1 fully saturated rings. The molecule has 2 heteroatoms. The van der Waals surface area contributed by atoms with Crippen LogP contribution < -0.4 is 4.90 Å². The molecule has 1 saturated heterocycles. The average molecular weight is 193 g/mol. The highest BCUT2D eigenvalue weighted by Crippen LogP contribution is 2.24. The van der Waals surface area contributed by atoms with Gasteiger partial charge in [0.1, 0.15) is 5.82 Å². The Balaban J connectivity index is 2.18. The topological polar surface area (TPSA) is 3.24 Å². The molecule has 1 nitrogen and oxygen atoms in total. The van der Waals surface area contributed by atoms with Crippen molar-refractivity contribution in [2.24, 2.45) is 5.92 Å². The van der Waals surface area contributed by atoms with Crippen LogP contribution in [-0.4, -0.2) is 13.1 Å². The molecule has 0 bridgehead atoms. The summed E-state index contributed by atoms with van der Waals surface area (Å²) in [5.41, 5.74) is 0.763. The summed E-state index contributed by atoms with van der Waals surface area (Å²) in [6.45, 7) is 4.21. The smallest absolute Gasteiger partial charge is 0.146 e. The Morgan fingerprint density at radius 1 is 1.36 bits per heavy atom. The van der Waals surface area contributed by atoms with E-state index in [1.165, 1.54) is 18.9 Å². The second kappa shape index (κ2) is 3.99. The molecule has 0 unspecified atom stereocenters. The number of piperidine rings is 1. The van der Waals surface area contributed by atoms with Crippen molar-refractivity contribution < 1.29 is 4.39 Å². The first kappa shape index (κ1) is 9.50. The van der Waals surface area contributed by atoms with E-state index in [1.54, 1.807) is 6.07 Å². The molecule has 1 aliphatic heterocycles. The van der Waals surface area contributed by atoms with Gasteiger partial charge in [0.2, 0.25) is 0 Å². The molecule has 1 aromatic rings. The molecule has 0 aromatic heterocycles. The van der Waals surface area contributed by atoms with E-state index in [-0.39, 0.29) is 5.82 Å². The summed E-state index contributed by atoms with van der Waals surface area (Å²) in [7, 11) is 0. The Kier molecular flexibility index (Phi) is 2.71. The van der Waals surface area contributed by atoms with Crippen molar-refractivity contribution >= 4 is 5.69 Å². The fourth-order valence-corrected chi connectivity index (χ4v) is 2.12. The molecule has 2 rings (SSSR count). The Morgan fingerprint density at radius 2 is 2.14 bits per heavy atom. The lowest BCUT2D eigenvalue weighted by atomic mass is 10.00.